The van der Waals surface area contributed by atoms with E-state index < -0.39 is 40.9 Å². The van der Waals surface area contributed by atoms with E-state index in [9.17, 15) is 14.7 Å². The largest absolute Gasteiger partial charge is 0.497 e. The molecule has 0 amide bonds. The van der Waals surface area contributed by atoms with Crippen LogP contribution in [0, 0.1) is 6.92 Å². The maximum atomic E-state index is 12.7. The highest BCUT2D eigenvalue weighted by molar-refractivity contribution is 5.49. The fraction of sp³-hybridized carbons (Fsp3) is 0.312. The Morgan fingerprint density at radius 3 is 2.07 bits per heavy atom. The van der Waals surface area contributed by atoms with E-state index in [4.69, 9.17) is 23.7 Å². The minimum Gasteiger partial charge on any atom is -0.497 e. The van der Waals surface area contributed by atoms with E-state index in [1.165, 1.54) is 10.8 Å². The second-order valence-corrected chi connectivity index (χ2v) is 10.6. The Morgan fingerprint density at radius 1 is 0.929 bits per heavy atom. The van der Waals surface area contributed by atoms with Crippen molar-refractivity contribution in [3.63, 3.8) is 0 Å². The fourth-order valence-corrected chi connectivity index (χ4v) is 5.82. The molecule has 2 saturated heterocycles. The molecule has 1 aromatic heterocycles. The average Bonchev–Trinajstić information content (AvgIpc) is 3.49. The maximum absolute atomic E-state index is 12.7. The quantitative estimate of drug-likeness (QED) is 0.294. The number of aliphatic hydroxyl groups excluding tert-OH is 1. The van der Waals surface area contributed by atoms with Crippen molar-refractivity contribution < 1.29 is 28.8 Å². The molecule has 10 heteroatoms. The highest BCUT2D eigenvalue weighted by atomic mass is 16.7. The van der Waals surface area contributed by atoms with Crippen LogP contribution in [0.5, 0.6) is 11.5 Å². The smallest absolute Gasteiger partial charge is 0.330 e. The van der Waals surface area contributed by atoms with Crippen molar-refractivity contribution in [1.29, 1.82) is 0 Å². The van der Waals surface area contributed by atoms with Gasteiger partial charge in [0.25, 0.3) is 5.56 Å². The Balaban J connectivity index is 1.44. The molecule has 2 fully saturated rings. The van der Waals surface area contributed by atoms with Gasteiger partial charge >= 0.3 is 5.69 Å². The van der Waals surface area contributed by atoms with Gasteiger partial charge in [-0.3, -0.25) is 14.3 Å². The Hall–Kier alpha value is -4.22. The molecule has 2 aliphatic rings. The Kier molecular flexibility index (Phi) is 7.24. The number of aliphatic hydroxyl groups is 1. The Bertz CT molecular complexity index is 1620. The second kappa shape index (κ2) is 10.9. The molecule has 0 unspecified atom stereocenters. The molecule has 0 saturated carbocycles. The van der Waals surface area contributed by atoms with Gasteiger partial charge in [-0.15, -0.1) is 0 Å². The van der Waals surface area contributed by atoms with Gasteiger partial charge in [0.15, 0.2) is 6.23 Å². The van der Waals surface area contributed by atoms with Gasteiger partial charge in [0.1, 0.15) is 34.9 Å². The molecule has 0 spiro atoms. The van der Waals surface area contributed by atoms with Crippen molar-refractivity contribution in [1.82, 2.24) is 9.55 Å². The third-order valence-corrected chi connectivity index (χ3v) is 8.13. The molecule has 0 aliphatic carbocycles. The van der Waals surface area contributed by atoms with E-state index in [2.05, 4.69) is 4.98 Å². The van der Waals surface area contributed by atoms with Crippen LogP contribution in [0.15, 0.2) is 94.6 Å². The molecule has 2 aliphatic heterocycles. The summed E-state index contributed by atoms with van der Waals surface area (Å²) in [5.74, 6) is 1.39. The predicted octanol–water partition coefficient (Wildman–Crippen LogP) is 2.90. The van der Waals surface area contributed by atoms with E-state index in [0.717, 1.165) is 16.7 Å². The van der Waals surface area contributed by atoms with Gasteiger partial charge in [0, 0.05) is 11.8 Å². The van der Waals surface area contributed by atoms with Crippen LogP contribution >= 0.6 is 0 Å². The average molecular weight is 573 g/mol. The summed E-state index contributed by atoms with van der Waals surface area (Å²) in [6, 6.07) is 25.0. The summed E-state index contributed by atoms with van der Waals surface area (Å²) in [5.41, 5.74) is -0.717. The van der Waals surface area contributed by atoms with Crippen LogP contribution < -0.4 is 20.7 Å². The number of nitrogens with one attached hydrogen (secondary N) is 1. The number of rotatable bonds is 9. The van der Waals surface area contributed by atoms with Gasteiger partial charge in [-0.1, -0.05) is 54.6 Å². The minimum absolute atomic E-state index is 0.0580. The number of aryl methyl sites for hydroxylation is 1. The number of fused-ring (bicyclic) bond motifs is 2. The molecule has 6 rings (SSSR count). The van der Waals surface area contributed by atoms with E-state index >= 15 is 0 Å². The number of H-pyrrole nitrogens is 1. The minimum atomic E-state index is -1.28. The normalized spacial score (nSPS) is 23.2. The number of benzene rings is 3. The van der Waals surface area contributed by atoms with Gasteiger partial charge in [-0.05, 0) is 47.9 Å². The molecule has 2 N–H and O–H groups in total. The fourth-order valence-electron chi connectivity index (χ4n) is 5.82. The highest BCUT2D eigenvalue weighted by Gasteiger charge is 2.63. The molecule has 218 valence electrons. The third kappa shape index (κ3) is 4.53. The van der Waals surface area contributed by atoms with Crippen LogP contribution in [-0.2, 0) is 19.8 Å². The standard InChI is InChI=1S/C32H32N2O8/c1-20-17-34(30(37)33-28(20)36)29-26-27(35)31(42-29,18-40-26)19-41-32(21-7-5-4-6-8-21,22-9-13-24(38-2)14-10-22)23-11-15-25(39-3)16-12-23/h4-17,26-27,29,35H,18-19H2,1-3H3,(H,33,36,37)/t26-,27+,29+,31-/m1/s1. The van der Waals surface area contributed by atoms with Crippen molar-refractivity contribution in [3.8, 4) is 11.5 Å². The summed E-state index contributed by atoms with van der Waals surface area (Å²) in [7, 11) is 3.22. The summed E-state index contributed by atoms with van der Waals surface area (Å²) in [4.78, 5) is 26.9. The van der Waals surface area contributed by atoms with Crippen LogP contribution in [-0.4, -0.2) is 59.9 Å². The molecule has 4 atom stereocenters. The monoisotopic (exact) mass is 572 g/mol. The van der Waals surface area contributed by atoms with Crippen molar-refractivity contribution >= 4 is 0 Å². The van der Waals surface area contributed by atoms with Crippen LogP contribution in [0.2, 0.25) is 0 Å². The number of ether oxygens (including phenoxy) is 5. The van der Waals surface area contributed by atoms with E-state index in [1.54, 1.807) is 21.1 Å². The van der Waals surface area contributed by atoms with Crippen molar-refractivity contribution in [2.24, 2.45) is 0 Å². The molecule has 3 aromatic carbocycles. The van der Waals surface area contributed by atoms with Crippen molar-refractivity contribution in [2.45, 2.75) is 36.6 Å². The summed E-state index contributed by atoms with van der Waals surface area (Å²) < 4.78 is 31.4. The van der Waals surface area contributed by atoms with Crippen LogP contribution in [0.1, 0.15) is 28.5 Å². The van der Waals surface area contributed by atoms with Crippen LogP contribution in [0.3, 0.4) is 0 Å². The number of aromatic nitrogens is 2. The lowest BCUT2D eigenvalue weighted by Gasteiger charge is -2.39. The zero-order valence-corrected chi connectivity index (χ0v) is 23.5. The molecule has 10 nitrogen and oxygen atoms in total. The highest BCUT2D eigenvalue weighted by Crippen LogP contribution is 2.48. The summed E-state index contributed by atoms with van der Waals surface area (Å²) in [5, 5.41) is 11.4. The molecular weight excluding hydrogens is 540 g/mol. The lowest BCUT2D eigenvalue weighted by molar-refractivity contribution is -0.204. The van der Waals surface area contributed by atoms with Gasteiger partial charge < -0.3 is 28.8 Å². The zero-order valence-electron chi connectivity index (χ0n) is 23.5. The SMILES string of the molecule is COc1ccc(C(OC[C@@]23CO[C@@H]([C@@H](n4cc(C)c(=O)[nH]c4=O)O2)[C@@H]3O)(c2ccccc2)c2ccc(OC)cc2)cc1. The van der Waals surface area contributed by atoms with Gasteiger partial charge in [0.2, 0.25) is 0 Å². The summed E-state index contributed by atoms with van der Waals surface area (Å²) in [6.45, 7) is 1.57. The first-order chi connectivity index (χ1) is 20.3. The first kappa shape index (κ1) is 27.9. The number of methoxy groups -OCH3 is 2. The van der Waals surface area contributed by atoms with Gasteiger partial charge in [0.05, 0.1) is 27.4 Å². The number of hydrogen-bond donors (Lipinski definition) is 2. The summed E-state index contributed by atoms with van der Waals surface area (Å²) in [6.07, 6.45) is -1.46. The zero-order chi connectivity index (χ0) is 29.5. The molecule has 42 heavy (non-hydrogen) atoms. The first-order valence-electron chi connectivity index (χ1n) is 13.6. The van der Waals surface area contributed by atoms with Crippen molar-refractivity contribution in [2.75, 3.05) is 27.4 Å². The number of nitrogens with zero attached hydrogens (tertiary/aromatic N) is 1. The van der Waals surface area contributed by atoms with E-state index in [0.29, 0.717) is 17.1 Å². The lowest BCUT2D eigenvalue weighted by Crippen LogP contribution is -2.48. The van der Waals surface area contributed by atoms with Crippen LogP contribution in [0.4, 0.5) is 0 Å². The molecule has 0 radical (unpaired) electrons. The Labute approximate surface area is 242 Å². The lowest BCUT2D eigenvalue weighted by atomic mass is 9.79. The van der Waals surface area contributed by atoms with Gasteiger partial charge in [-0.25, -0.2) is 4.79 Å². The summed E-state index contributed by atoms with van der Waals surface area (Å²) >= 11 is 0. The third-order valence-electron chi connectivity index (χ3n) is 8.13. The van der Waals surface area contributed by atoms with Crippen LogP contribution in [0.25, 0.3) is 0 Å². The Morgan fingerprint density at radius 2 is 1.50 bits per heavy atom. The molecule has 4 aromatic rings. The predicted molar refractivity (Wildman–Crippen MR) is 153 cm³/mol. The topological polar surface area (TPSA) is 121 Å². The van der Waals surface area contributed by atoms with Crippen molar-refractivity contribution in [3.05, 3.63) is 128 Å². The molecular formula is C32H32N2O8. The second-order valence-electron chi connectivity index (χ2n) is 10.6. The van der Waals surface area contributed by atoms with E-state index in [-0.39, 0.29) is 13.2 Å². The number of aromatic amines is 1. The number of hydrogen-bond acceptors (Lipinski definition) is 8. The molecule has 2 bridgehead atoms. The first-order valence-corrected chi connectivity index (χ1v) is 13.6. The molecule has 3 heterocycles. The maximum Gasteiger partial charge on any atom is 0.330 e. The van der Waals surface area contributed by atoms with Gasteiger partial charge in [-0.2, -0.15) is 0 Å². The van der Waals surface area contributed by atoms with E-state index in [1.807, 2.05) is 78.9 Å².